The number of carbonyl (C=O) groups is 1. The van der Waals surface area contributed by atoms with Crippen LogP contribution in [0.2, 0.25) is 0 Å². The number of aryl methyl sites for hydroxylation is 1. The second-order valence-corrected chi connectivity index (χ2v) is 4.30. The molecule has 3 N–H and O–H groups in total. The zero-order valence-corrected chi connectivity index (χ0v) is 10.8. The number of nitrogen functional groups attached to an aromatic ring is 1. The van der Waals surface area contributed by atoms with Crippen LogP contribution in [-0.2, 0) is 0 Å². The van der Waals surface area contributed by atoms with Gasteiger partial charge in [0.05, 0.1) is 17.6 Å². The van der Waals surface area contributed by atoms with Gasteiger partial charge in [0.25, 0.3) is 5.91 Å². The standard InChI is InChI=1S/C14H15N3O2/c1-9-7-10(3-4-13(9)18)14(19)17(2)12-5-6-16-8-11(12)15/h3-8,18H,15H2,1-2H3. The lowest BCUT2D eigenvalue weighted by Crippen LogP contribution is -2.27. The molecule has 5 nitrogen and oxygen atoms in total. The van der Waals surface area contributed by atoms with Gasteiger partial charge in [0, 0.05) is 18.8 Å². The molecule has 0 atom stereocenters. The number of carbonyl (C=O) groups excluding carboxylic acids is 1. The maximum absolute atomic E-state index is 12.3. The van der Waals surface area contributed by atoms with E-state index in [9.17, 15) is 9.90 Å². The number of pyridine rings is 1. The average molecular weight is 257 g/mol. The van der Waals surface area contributed by atoms with Gasteiger partial charge in [0.2, 0.25) is 0 Å². The number of amides is 1. The van der Waals surface area contributed by atoms with Crippen molar-refractivity contribution in [2.75, 3.05) is 17.7 Å². The van der Waals surface area contributed by atoms with Crippen LogP contribution < -0.4 is 10.6 Å². The van der Waals surface area contributed by atoms with Crippen LogP contribution in [0.5, 0.6) is 5.75 Å². The molecule has 0 saturated carbocycles. The molecule has 1 aromatic heterocycles. The predicted molar refractivity (Wildman–Crippen MR) is 74.2 cm³/mol. The van der Waals surface area contributed by atoms with Gasteiger partial charge in [0.15, 0.2) is 0 Å². The van der Waals surface area contributed by atoms with Gasteiger partial charge in [0.1, 0.15) is 5.75 Å². The monoisotopic (exact) mass is 257 g/mol. The van der Waals surface area contributed by atoms with Gasteiger partial charge >= 0.3 is 0 Å². The zero-order valence-electron chi connectivity index (χ0n) is 10.8. The molecular weight excluding hydrogens is 242 g/mol. The Morgan fingerprint density at radius 3 is 2.74 bits per heavy atom. The zero-order chi connectivity index (χ0) is 14.0. The maximum Gasteiger partial charge on any atom is 0.258 e. The number of hydrogen-bond donors (Lipinski definition) is 2. The SMILES string of the molecule is Cc1cc(C(=O)N(C)c2ccncc2N)ccc1O. The highest BCUT2D eigenvalue weighted by molar-refractivity contribution is 6.07. The third-order valence-corrected chi connectivity index (χ3v) is 2.94. The molecule has 1 amide bonds. The first kappa shape index (κ1) is 12.9. The number of phenols is 1. The van der Waals surface area contributed by atoms with Crippen LogP contribution in [0.25, 0.3) is 0 Å². The number of benzene rings is 1. The van der Waals surface area contributed by atoms with Crippen molar-refractivity contribution in [1.82, 2.24) is 4.98 Å². The minimum atomic E-state index is -0.194. The molecule has 2 rings (SSSR count). The number of aromatic nitrogens is 1. The number of anilines is 2. The van der Waals surface area contributed by atoms with Gasteiger partial charge in [-0.25, -0.2) is 0 Å². The quantitative estimate of drug-likeness (QED) is 0.861. The van der Waals surface area contributed by atoms with Crippen LogP contribution in [-0.4, -0.2) is 23.0 Å². The third kappa shape index (κ3) is 2.49. The third-order valence-electron chi connectivity index (χ3n) is 2.94. The lowest BCUT2D eigenvalue weighted by atomic mass is 10.1. The van der Waals surface area contributed by atoms with Crippen LogP contribution in [0.15, 0.2) is 36.7 Å². The molecule has 0 unspecified atom stereocenters. The summed E-state index contributed by atoms with van der Waals surface area (Å²) < 4.78 is 0. The molecule has 98 valence electrons. The Hall–Kier alpha value is -2.56. The molecule has 0 aliphatic heterocycles. The Morgan fingerprint density at radius 1 is 1.37 bits per heavy atom. The summed E-state index contributed by atoms with van der Waals surface area (Å²) in [5.74, 6) is -0.0244. The van der Waals surface area contributed by atoms with E-state index in [0.717, 1.165) is 0 Å². The molecule has 5 heteroatoms. The summed E-state index contributed by atoms with van der Waals surface area (Å²) in [6.07, 6.45) is 3.08. The van der Waals surface area contributed by atoms with E-state index in [2.05, 4.69) is 4.98 Å². The molecule has 0 aliphatic rings. The molecule has 2 aromatic rings. The second-order valence-electron chi connectivity index (χ2n) is 4.30. The summed E-state index contributed by atoms with van der Waals surface area (Å²) in [6.45, 7) is 1.74. The Morgan fingerprint density at radius 2 is 2.11 bits per heavy atom. The smallest absolute Gasteiger partial charge is 0.258 e. The molecule has 0 aliphatic carbocycles. The predicted octanol–water partition coefficient (Wildman–Crippen LogP) is 1.95. The first-order chi connectivity index (χ1) is 9.00. The fourth-order valence-electron chi connectivity index (χ4n) is 1.80. The Labute approximate surface area is 111 Å². The van der Waals surface area contributed by atoms with Crippen molar-refractivity contribution in [1.29, 1.82) is 0 Å². The summed E-state index contributed by atoms with van der Waals surface area (Å²) in [4.78, 5) is 17.7. The molecular formula is C14H15N3O2. The highest BCUT2D eigenvalue weighted by Crippen LogP contribution is 2.23. The van der Waals surface area contributed by atoms with E-state index in [0.29, 0.717) is 22.5 Å². The molecule has 1 heterocycles. The molecule has 0 spiro atoms. The number of phenolic OH excluding ortho intramolecular Hbond substituents is 1. The molecule has 0 fully saturated rings. The number of rotatable bonds is 2. The molecule has 0 saturated heterocycles. The fourth-order valence-corrected chi connectivity index (χ4v) is 1.80. The minimum Gasteiger partial charge on any atom is -0.508 e. The molecule has 0 radical (unpaired) electrons. The summed E-state index contributed by atoms with van der Waals surface area (Å²) in [5, 5.41) is 9.47. The number of aromatic hydroxyl groups is 1. The summed E-state index contributed by atoms with van der Waals surface area (Å²) in [6, 6.07) is 6.41. The van der Waals surface area contributed by atoms with Crippen molar-refractivity contribution in [3.05, 3.63) is 47.8 Å². The summed E-state index contributed by atoms with van der Waals surface area (Å²) in [7, 11) is 1.65. The van der Waals surface area contributed by atoms with E-state index < -0.39 is 0 Å². The van der Waals surface area contributed by atoms with Crippen molar-refractivity contribution < 1.29 is 9.90 Å². The van der Waals surface area contributed by atoms with Crippen molar-refractivity contribution in [2.45, 2.75) is 6.92 Å². The lowest BCUT2D eigenvalue weighted by molar-refractivity contribution is 0.0993. The second kappa shape index (κ2) is 4.97. The fraction of sp³-hybridized carbons (Fsp3) is 0.143. The Balaban J connectivity index is 2.34. The first-order valence-corrected chi connectivity index (χ1v) is 5.78. The normalized spacial score (nSPS) is 10.2. The maximum atomic E-state index is 12.3. The highest BCUT2D eigenvalue weighted by atomic mass is 16.3. The van der Waals surface area contributed by atoms with Crippen molar-refractivity contribution >= 4 is 17.3 Å². The van der Waals surface area contributed by atoms with Gasteiger partial charge in [-0.05, 0) is 36.8 Å². The molecule has 1 aromatic carbocycles. The first-order valence-electron chi connectivity index (χ1n) is 5.78. The molecule has 19 heavy (non-hydrogen) atoms. The van der Waals surface area contributed by atoms with E-state index in [-0.39, 0.29) is 11.7 Å². The Bertz CT molecular complexity index is 626. The van der Waals surface area contributed by atoms with Crippen molar-refractivity contribution in [3.63, 3.8) is 0 Å². The summed E-state index contributed by atoms with van der Waals surface area (Å²) in [5.41, 5.74) is 7.99. The van der Waals surface area contributed by atoms with Gasteiger partial charge in [-0.1, -0.05) is 0 Å². The van der Waals surface area contributed by atoms with E-state index in [1.54, 1.807) is 38.4 Å². The topological polar surface area (TPSA) is 79.5 Å². The van der Waals surface area contributed by atoms with Crippen LogP contribution in [0.3, 0.4) is 0 Å². The van der Waals surface area contributed by atoms with Crippen LogP contribution in [0.4, 0.5) is 11.4 Å². The summed E-state index contributed by atoms with van der Waals surface area (Å²) >= 11 is 0. The van der Waals surface area contributed by atoms with Gasteiger partial charge in [-0.3, -0.25) is 9.78 Å². The number of nitrogens with two attached hydrogens (primary N) is 1. The van der Waals surface area contributed by atoms with Gasteiger partial charge in [-0.2, -0.15) is 0 Å². The van der Waals surface area contributed by atoms with Crippen molar-refractivity contribution in [3.8, 4) is 5.75 Å². The van der Waals surface area contributed by atoms with Crippen LogP contribution in [0, 0.1) is 6.92 Å². The van der Waals surface area contributed by atoms with Gasteiger partial charge < -0.3 is 15.7 Å². The Kier molecular flexibility index (Phi) is 3.37. The van der Waals surface area contributed by atoms with E-state index in [1.165, 1.54) is 17.2 Å². The van der Waals surface area contributed by atoms with Crippen LogP contribution >= 0.6 is 0 Å². The minimum absolute atomic E-state index is 0.169. The number of nitrogens with zero attached hydrogens (tertiary/aromatic N) is 2. The van der Waals surface area contributed by atoms with E-state index in [4.69, 9.17) is 5.73 Å². The van der Waals surface area contributed by atoms with Gasteiger partial charge in [-0.15, -0.1) is 0 Å². The highest BCUT2D eigenvalue weighted by Gasteiger charge is 2.16. The van der Waals surface area contributed by atoms with E-state index >= 15 is 0 Å². The average Bonchev–Trinajstić information content (AvgIpc) is 2.41. The van der Waals surface area contributed by atoms with E-state index in [1.807, 2.05) is 0 Å². The lowest BCUT2D eigenvalue weighted by Gasteiger charge is -2.19. The van der Waals surface area contributed by atoms with Crippen LogP contribution in [0.1, 0.15) is 15.9 Å². The molecule has 0 bridgehead atoms. The largest absolute Gasteiger partial charge is 0.508 e. The van der Waals surface area contributed by atoms with Crippen molar-refractivity contribution in [2.24, 2.45) is 0 Å². The number of hydrogen-bond acceptors (Lipinski definition) is 4.